The second kappa shape index (κ2) is 5.35. The molecule has 1 aliphatic heterocycles. The Kier molecular flexibility index (Phi) is 3.53. The molecule has 21 heavy (non-hydrogen) atoms. The summed E-state index contributed by atoms with van der Waals surface area (Å²) < 4.78 is 0. The third-order valence-electron chi connectivity index (χ3n) is 3.05. The number of anilines is 1. The number of allylic oxidation sites excluding steroid dienone is 4. The van der Waals surface area contributed by atoms with Crippen LogP contribution in [0, 0.1) is 0 Å². The second-order valence-corrected chi connectivity index (χ2v) is 5.45. The lowest BCUT2D eigenvalue weighted by Crippen LogP contribution is -2.20. The summed E-state index contributed by atoms with van der Waals surface area (Å²) in [5.41, 5.74) is 1.82. The average Bonchev–Trinajstić information content (AvgIpc) is 2.74. The summed E-state index contributed by atoms with van der Waals surface area (Å²) in [5, 5.41) is 17.6. The van der Waals surface area contributed by atoms with Crippen molar-refractivity contribution in [2.75, 3.05) is 5.32 Å². The molecular formula is C14H10Cl2N3O2+. The predicted molar refractivity (Wildman–Crippen MR) is 81.2 cm³/mol. The summed E-state index contributed by atoms with van der Waals surface area (Å²) in [6, 6.07) is 7.12. The number of amides is 1. The van der Waals surface area contributed by atoms with Gasteiger partial charge in [-0.15, -0.1) is 0 Å². The van der Waals surface area contributed by atoms with Crippen LogP contribution in [0.25, 0.3) is 0 Å². The molecular weight excluding hydrogens is 313 g/mol. The molecule has 3 rings (SSSR count). The first-order valence-electron chi connectivity index (χ1n) is 6.12. The number of para-hydroxylation sites is 1. The largest absolute Gasteiger partial charge is 0.320 e. The molecule has 0 unspecified atom stereocenters. The minimum atomic E-state index is -0.372. The normalized spacial score (nSPS) is 21.6. The van der Waals surface area contributed by atoms with Crippen molar-refractivity contribution in [3.05, 3.63) is 52.0 Å². The number of hydrogen-bond acceptors (Lipinski definition) is 3. The molecule has 0 radical (unpaired) electrons. The number of fused-ring (bicyclic) bond motifs is 1. The Morgan fingerprint density at radius 2 is 2.00 bits per heavy atom. The van der Waals surface area contributed by atoms with Crippen molar-refractivity contribution in [3.8, 4) is 0 Å². The molecule has 1 aliphatic carbocycles. The van der Waals surface area contributed by atoms with Gasteiger partial charge in [0.05, 0.1) is 17.2 Å². The topological polar surface area (TPSA) is 64.7 Å². The van der Waals surface area contributed by atoms with Crippen LogP contribution in [0.15, 0.2) is 51.6 Å². The van der Waals surface area contributed by atoms with E-state index < -0.39 is 0 Å². The maximum Gasteiger partial charge on any atom is 0.281 e. The highest BCUT2D eigenvalue weighted by atomic mass is 35.5. The summed E-state index contributed by atoms with van der Waals surface area (Å²) in [6.07, 6.45) is 3.41. The number of benzene rings is 1. The van der Waals surface area contributed by atoms with E-state index in [-0.39, 0.29) is 18.0 Å². The van der Waals surface area contributed by atoms with Crippen molar-refractivity contribution in [1.29, 1.82) is 0 Å². The zero-order valence-corrected chi connectivity index (χ0v) is 12.2. The van der Waals surface area contributed by atoms with Gasteiger partial charge in [0, 0.05) is 21.7 Å². The average molecular weight is 323 g/mol. The quantitative estimate of drug-likeness (QED) is 0.474. The molecule has 0 bridgehead atoms. The maximum absolute atomic E-state index is 11.9. The Bertz CT molecular complexity index is 763. The molecule has 0 fully saturated rings. The maximum atomic E-state index is 11.9. The van der Waals surface area contributed by atoms with E-state index in [0.717, 1.165) is 0 Å². The van der Waals surface area contributed by atoms with E-state index in [2.05, 4.69) is 10.4 Å². The molecule has 1 aromatic rings. The first-order chi connectivity index (χ1) is 10.0. The molecule has 5 nitrogen and oxygen atoms in total. The van der Waals surface area contributed by atoms with E-state index in [1.165, 1.54) is 6.08 Å². The molecule has 7 heteroatoms. The zero-order chi connectivity index (χ0) is 15.0. The van der Waals surface area contributed by atoms with Gasteiger partial charge in [-0.25, -0.2) is 0 Å². The number of rotatable bonds is 1. The highest BCUT2D eigenvalue weighted by molar-refractivity contribution is 6.53. The first-order valence-corrected chi connectivity index (χ1v) is 6.87. The van der Waals surface area contributed by atoms with Gasteiger partial charge < -0.3 is 5.32 Å². The SMILES string of the molecule is O=C1Nc2ccccc2C1=N[N+](O)=C1C=C(Cl)C=C(Cl)C1. The highest BCUT2D eigenvalue weighted by Crippen LogP contribution is 2.24. The van der Waals surface area contributed by atoms with E-state index >= 15 is 0 Å². The Morgan fingerprint density at radius 1 is 1.24 bits per heavy atom. The Morgan fingerprint density at radius 3 is 2.76 bits per heavy atom. The number of nitrogens with one attached hydrogen (secondary N) is 1. The van der Waals surface area contributed by atoms with Crippen LogP contribution in [-0.4, -0.2) is 27.4 Å². The molecule has 0 saturated heterocycles. The molecule has 2 aliphatic rings. The molecule has 1 amide bonds. The van der Waals surface area contributed by atoms with E-state index in [1.54, 1.807) is 24.3 Å². The van der Waals surface area contributed by atoms with Gasteiger partial charge in [-0.1, -0.05) is 41.4 Å². The summed E-state index contributed by atoms with van der Waals surface area (Å²) >= 11 is 11.8. The number of carbonyl (C=O) groups is 1. The molecule has 1 heterocycles. The van der Waals surface area contributed by atoms with Crippen molar-refractivity contribution < 1.29 is 14.8 Å². The summed E-state index contributed by atoms with van der Waals surface area (Å²) in [6.45, 7) is 0. The van der Waals surface area contributed by atoms with E-state index in [0.29, 0.717) is 31.9 Å². The minimum Gasteiger partial charge on any atom is -0.320 e. The molecule has 0 spiro atoms. The number of nitrogens with zero attached hydrogens (tertiary/aromatic N) is 2. The Balaban J connectivity index is 2.03. The molecule has 0 saturated carbocycles. The summed E-state index contributed by atoms with van der Waals surface area (Å²) in [7, 11) is 0. The number of hydrogen-bond donors (Lipinski definition) is 2. The minimum absolute atomic E-state index is 0.135. The van der Waals surface area contributed by atoms with Gasteiger partial charge >= 0.3 is 0 Å². The monoisotopic (exact) mass is 322 g/mol. The standard InChI is InChI=1S/C14H9Cl2N3O2/c15-8-5-9(16)7-10(6-8)19(21)18-13-11-3-1-2-4-12(11)17-14(13)20/h1-6H,7H2,(H-,17,18,20,21)/p+1. The second-order valence-electron chi connectivity index (χ2n) is 4.53. The van der Waals surface area contributed by atoms with Crippen molar-refractivity contribution in [2.24, 2.45) is 5.10 Å². The number of hydrazone groups is 1. The zero-order valence-electron chi connectivity index (χ0n) is 10.7. The third-order valence-corrected chi connectivity index (χ3v) is 3.51. The van der Waals surface area contributed by atoms with Crippen molar-refractivity contribution in [3.63, 3.8) is 0 Å². The fourth-order valence-corrected chi connectivity index (χ4v) is 2.68. The molecule has 106 valence electrons. The molecule has 1 aromatic carbocycles. The van der Waals surface area contributed by atoms with Crippen LogP contribution in [0.3, 0.4) is 0 Å². The summed E-state index contributed by atoms with van der Waals surface area (Å²) in [5.74, 6) is -0.372. The number of halogens is 2. The van der Waals surface area contributed by atoms with Gasteiger partial charge in [-0.3, -0.25) is 10.0 Å². The van der Waals surface area contributed by atoms with E-state index in [9.17, 15) is 10.0 Å². The van der Waals surface area contributed by atoms with Gasteiger partial charge in [-0.05, 0) is 12.1 Å². The first kappa shape index (κ1) is 13.9. The molecule has 0 atom stereocenters. The third kappa shape index (κ3) is 2.70. The van der Waals surface area contributed by atoms with E-state index in [1.807, 2.05) is 6.07 Å². The van der Waals surface area contributed by atoms with E-state index in [4.69, 9.17) is 23.2 Å². The van der Waals surface area contributed by atoms with Gasteiger partial charge in [0.15, 0.2) is 0 Å². The van der Waals surface area contributed by atoms with Crippen LogP contribution < -0.4 is 5.32 Å². The van der Waals surface area contributed by atoms with Gasteiger partial charge in [-0.2, -0.15) is 0 Å². The van der Waals surface area contributed by atoms with Crippen molar-refractivity contribution in [1.82, 2.24) is 0 Å². The smallest absolute Gasteiger partial charge is 0.281 e. The van der Waals surface area contributed by atoms with Crippen LogP contribution in [0.2, 0.25) is 0 Å². The van der Waals surface area contributed by atoms with Crippen molar-refractivity contribution >= 4 is 46.2 Å². The van der Waals surface area contributed by atoms with Gasteiger partial charge in [0.25, 0.3) is 11.6 Å². The number of carbonyl (C=O) groups excluding carboxylic acids is 1. The van der Waals surface area contributed by atoms with Crippen LogP contribution in [-0.2, 0) is 4.79 Å². The van der Waals surface area contributed by atoms with Crippen LogP contribution in [0.1, 0.15) is 12.0 Å². The lowest BCUT2D eigenvalue weighted by atomic mass is 10.1. The molecule has 0 aromatic heterocycles. The Hall–Kier alpha value is -2.11. The van der Waals surface area contributed by atoms with Gasteiger partial charge in [0.1, 0.15) is 4.85 Å². The highest BCUT2D eigenvalue weighted by Gasteiger charge is 2.30. The van der Waals surface area contributed by atoms with Crippen LogP contribution >= 0.6 is 23.2 Å². The Labute approximate surface area is 130 Å². The predicted octanol–water partition coefficient (Wildman–Crippen LogP) is 2.83. The van der Waals surface area contributed by atoms with Crippen LogP contribution in [0.5, 0.6) is 0 Å². The summed E-state index contributed by atoms with van der Waals surface area (Å²) in [4.78, 5) is 12.5. The van der Waals surface area contributed by atoms with Crippen molar-refractivity contribution in [2.45, 2.75) is 6.42 Å². The lowest BCUT2D eigenvalue weighted by Gasteiger charge is -2.02. The fourth-order valence-electron chi connectivity index (χ4n) is 2.11. The molecule has 2 N–H and O–H groups in total. The lowest BCUT2D eigenvalue weighted by molar-refractivity contribution is -0.780. The van der Waals surface area contributed by atoms with Gasteiger partial charge in [0.2, 0.25) is 5.71 Å². The van der Waals surface area contributed by atoms with Crippen LogP contribution in [0.4, 0.5) is 5.69 Å². The fraction of sp³-hybridized carbons (Fsp3) is 0.0714.